The highest BCUT2D eigenvalue weighted by atomic mass is 32.2. The highest BCUT2D eigenvalue weighted by molar-refractivity contribution is 8.19. The van der Waals surface area contributed by atoms with Gasteiger partial charge in [-0.3, -0.25) is 9.69 Å². The molecule has 37 heavy (non-hydrogen) atoms. The standard InChI is InChI=1S/C27H33FN2O5S2/c1-4-6-7-8-9-10-17-35-24-18-20(11-16-23(24)34-3)19-25-26(31)30(5-2)27(36-25)29-37(32,33)22-14-12-21(28)13-15-22/h11-16,18-19H,4-10,17H2,1-3H3/b25-19-,29-27+. The number of nitrogens with zero attached hydrogens (tertiary/aromatic N) is 2. The van der Waals surface area contributed by atoms with Crippen LogP contribution < -0.4 is 9.47 Å². The van der Waals surface area contributed by atoms with Gasteiger partial charge in [-0.15, -0.1) is 4.40 Å². The third-order valence-electron chi connectivity index (χ3n) is 5.75. The van der Waals surface area contributed by atoms with Crippen LogP contribution in [0, 0.1) is 5.82 Å². The minimum absolute atomic E-state index is 0.0520. The van der Waals surface area contributed by atoms with Crippen molar-refractivity contribution in [2.24, 2.45) is 4.40 Å². The van der Waals surface area contributed by atoms with Gasteiger partial charge < -0.3 is 9.47 Å². The molecule has 0 N–H and O–H groups in total. The van der Waals surface area contributed by atoms with Crippen molar-refractivity contribution in [1.82, 2.24) is 4.90 Å². The largest absolute Gasteiger partial charge is 0.493 e. The molecule has 10 heteroatoms. The van der Waals surface area contributed by atoms with E-state index >= 15 is 0 Å². The molecule has 1 aliphatic rings. The Morgan fingerprint density at radius 3 is 2.38 bits per heavy atom. The van der Waals surface area contributed by atoms with Crippen LogP contribution in [0.1, 0.15) is 57.9 Å². The summed E-state index contributed by atoms with van der Waals surface area (Å²) in [5, 5.41) is 0.0520. The van der Waals surface area contributed by atoms with Crippen molar-refractivity contribution >= 4 is 38.9 Å². The van der Waals surface area contributed by atoms with Crippen molar-refractivity contribution in [2.45, 2.75) is 57.3 Å². The number of hydrogen-bond donors (Lipinski definition) is 0. The Morgan fingerprint density at radius 1 is 1.00 bits per heavy atom. The van der Waals surface area contributed by atoms with Crippen LogP contribution in [-0.4, -0.2) is 44.7 Å². The molecule has 0 atom stereocenters. The lowest BCUT2D eigenvalue weighted by molar-refractivity contribution is -0.122. The molecule has 1 fully saturated rings. The van der Waals surface area contributed by atoms with Crippen LogP contribution in [0.15, 0.2) is 56.7 Å². The summed E-state index contributed by atoms with van der Waals surface area (Å²) < 4.78 is 53.9. The van der Waals surface area contributed by atoms with Crippen LogP contribution in [-0.2, 0) is 14.8 Å². The first-order valence-corrected chi connectivity index (χ1v) is 14.7. The SMILES string of the molecule is CCCCCCCCOc1cc(/C=C2\S/C(=N/S(=O)(=O)c3ccc(F)cc3)N(CC)C2=O)ccc1OC. The molecule has 1 aliphatic heterocycles. The summed E-state index contributed by atoms with van der Waals surface area (Å²) in [5.41, 5.74) is 0.716. The predicted molar refractivity (Wildman–Crippen MR) is 146 cm³/mol. The summed E-state index contributed by atoms with van der Waals surface area (Å²) in [6.07, 6.45) is 8.62. The summed E-state index contributed by atoms with van der Waals surface area (Å²) in [5.74, 6) is 0.292. The van der Waals surface area contributed by atoms with E-state index in [2.05, 4.69) is 11.3 Å². The van der Waals surface area contributed by atoms with Gasteiger partial charge in [0.15, 0.2) is 16.7 Å². The van der Waals surface area contributed by atoms with Gasteiger partial charge in [0.1, 0.15) is 5.82 Å². The summed E-state index contributed by atoms with van der Waals surface area (Å²) in [4.78, 5) is 14.5. The maximum Gasteiger partial charge on any atom is 0.284 e. The number of ether oxygens (including phenoxy) is 2. The van der Waals surface area contributed by atoms with Crippen LogP contribution in [0.3, 0.4) is 0 Å². The van der Waals surface area contributed by atoms with E-state index in [1.54, 1.807) is 38.3 Å². The number of unbranched alkanes of at least 4 members (excludes halogenated alkanes) is 5. The molecule has 7 nitrogen and oxygen atoms in total. The van der Waals surface area contributed by atoms with Crippen LogP contribution in [0.25, 0.3) is 6.08 Å². The monoisotopic (exact) mass is 548 g/mol. The van der Waals surface area contributed by atoms with E-state index < -0.39 is 15.8 Å². The lowest BCUT2D eigenvalue weighted by atomic mass is 10.1. The fraction of sp³-hybridized carbons (Fsp3) is 0.407. The fourth-order valence-corrected chi connectivity index (χ4v) is 5.97. The summed E-state index contributed by atoms with van der Waals surface area (Å²) in [7, 11) is -2.54. The Kier molecular flexibility index (Phi) is 10.6. The van der Waals surface area contributed by atoms with Crippen LogP contribution in [0.2, 0.25) is 0 Å². The Hall–Kier alpha value is -2.85. The first kappa shape index (κ1) is 28.7. The van der Waals surface area contributed by atoms with Crippen molar-refractivity contribution in [3.05, 3.63) is 58.8 Å². The molecule has 0 radical (unpaired) electrons. The minimum Gasteiger partial charge on any atom is -0.493 e. The molecule has 0 unspecified atom stereocenters. The Labute approximate surface area is 222 Å². The number of amidine groups is 1. The van der Waals surface area contributed by atoms with E-state index in [1.165, 1.54) is 30.6 Å². The van der Waals surface area contributed by atoms with E-state index in [4.69, 9.17) is 9.47 Å². The van der Waals surface area contributed by atoms with Crippen LogP contribution >= 0.6 is 11.8 Å². The molecule has 1 amide bonds. The molecule has 0 aromatic heterocycles. The number of carbonyl (C=O) groups excluding carboxylic acids is 1. The van der Waals surface area contributed by atoms with Gasteiger partial charge in [-0.05, 0) is 73.1 Å². The van der Waals surface area contributed by atoms with Crippen molar-refractivity contribution in [3.8, 4) is 11.5 Å². The van der Waals surface area contributed by atoms with Gasteiger partial charge in [0.2, 0.25) is 0 Å². The van der Waals surface area contributed by atoms with Gasteiger partial charge in [-0.25, -0.2) is 4.39 Å². The molecule has 3 rings (SSSR count). The van der Waals surface area contributed by atoms with E-state index in [-0.39, 0.29) is 22.5 Å². The molecule has 200 valence electrons. The number of rotatable bonds is 13. The molecule has 0 spiro atoms. The molecule has 0 bridgehead atoms. The van der Waals surface area contributed by atoms with Gasteiger partial charge in [-0.1, -0.05) is 45.1 Å². The van der Waals surface area contributed by atoms with E-state index in [0.29, 0.717) is 28.6 Å². The Balaban J connectivity index is 1.77. The second-order valence-electron chi connectivity index (χ2n) is 8.49. The average Bonchev–Trinajstić information content (AvgIpc) is 3.16. The first-order valence-electron chi connectivity index (χ1n) is 12.4. The smallest absolute Gasteiger partial charge is 0.284 e. The third-order valence-corrected chi connectivity index (χ3v) is 8.16. The van der Waals surface area contributed by atoms with E-state index in [0.717, 1.165) is 48.9 Å². The third kappa shape index (κ3) is 7.82. The summed E-state index contributed by atoms with van der Waals surface area (Å²) in [6, 6.07) is 9.78. The van der Waals surface area contributed by atoms with Crippen molar-refractivity contribution in [1.29, 1.82) is 0 Å². The summed E-state index contributed by atoms with van der Waals surface area (Å²) >= 11 is 0.980. The number of methoxy groups -OCH3 is 1. The van der Waals surface area contributed by atoms with Crippen LogP contribution in [0.5, 0.6) is 11.5 Å². The van der Waals surface area contributed by atoms with Crippen molar-refractivity contribution in [3.63, 3.8) is 0 Å². The van der Waals surface area contributed by atoms with Crippen molar-refractivity contribution < 1.29 is 27.1 Å². The minimum atomic E-state index is -4.12. The molecular formula is C27H33FN2O5S2. The predicted octanol–water partition coefficient (Wildman–Crippen LogP) is 6.25. The molecule has 2 aromatic carbocycles. The molecule has 2 aromatic rings. The zero-order chi connectivity index (χ0) is 26.8. The van der Waals surface area contributed by atoms with Gasteiger partial charge in [0.05, 0.1) is 23.5 Å². The molecule has 1 saturated heterocycles. The maximum absolute atomic E-state index is 13.2. The Bertz CT molecular complexity index is 1240. The zero-order valence-corrected chi connectivity index (χ0v) is 23.0. The van der Waals surface area contributed by atoms with Gasteiger partial charge in [-0.2, -0.15) is 8.42 Å². The fourth-order valence-electron chi connectivity index (χ4n) is 3.73. The molecular weight excluding hydrogens is 515 g/mol. The highest BCUT2D eigenvalue weighted by Crippen LogP contribution is 2.35. The number of likely N-dealkylation sites (N-methyl/N-ethyl adjacent to an activating group) is 1. The maximum atomic E-state index is 13.2. The van der Waals surface area contributed by atoms with Gasteiger partial charge >= 0.3 is 0 Å². The van der Waals surface area contributed by atoms with E-state index in [9.17, 15) is 17.6 Å². The van der Waals surface area contributed by atoms with Crippen LogP contribution in [0.4, 0.5) is 4.39 Å². The lowest BCUT2D eigenvalue weighted by Crippen LogP contribution is -2.29. The Morgan fingerprint density at radius 2 is 1.70 bits per heavy atom. The number of sulfonamides is 1. The number of halogens is 1. The summed E-state index contributed by atoms with van der Waals surface area (Å²) in [6.45, 7) is 4.75. The quantitative estimate of drug-likeness (QED) is 0.217. The number of amides is 1. The number of carbonyl (C=O) groups is 1. The van der Waals surface area contributed by atoms with Gasteiger partial charge in [0, 0.05) is 6.54 Å². The second kappa shape index (κ2) is 13.6. The number of benzene rings is 2. The van der Waals surface area contributed by atoms with E-state index in [1.807, 2.05) is 0 Å². The molecule has 0 aliphatic carbocycles. The normalized spacial score (nSPS) is 16.1. The second-order valence-corrected chi connectivity index (χ2v) is 11.1. The molecule has 0 saturated carbocycles. The lowest BCUT2D eigenvalue weighted by Gasteiger charge is -2.12. The first-order chi connectivity index (χ1) is 17.8. The van der Waals surface area contributed by atoms with Gasteiger partial charge in [0.25, 0.3) is 15.9 Å². The number of hydrogen-bond acceptors (Lipinski definition) is 6. The average molecular weight is 549 g/mol. The molecule has 1 heterocycles. The zero-order valence-electron chi connectivity index (χ0n) is 21.4. The number of thioether (sulfide) groups is 1. The van der Waals surface area contributed by atoms with Crippen molar-refractivity contribution in [2.75, 3.05) is 20.3 Å². The highest BCUT2D eigenvalue weighted by Gasteiger charge is 2.34. The topological polar surface area (TPSA) is 85.3 Å².